The van der Waals surface area contributed by atoms with Gasteiger partial charge in [-0.25, -0.2) is 0 Å². The lowest BCUT2D eigenvalue weighted by Gasteiger charge is -2.31. The topological polar surface area (TPSA) is 66.8 Å². The van der Waals surface area contributed by atoms with Crippen molar-refractivity contribution < 1.29 is 4.79 Å². The van der Waals surface area contributed by atoms with E-state index in [1.807, 2.05) is 11.0 Å². The van der Waals surface area contributed by atoms with Crippen LogP contribution in [0, 0.1) is 0 Å². The number of nitrogens with one attached hydrogen (secondary N) is 1. The van der Waals surface area contributed by atoms with Crippen LogP contribution in [0.3, 0.4) is 0 Å². The van der Waals surface area contributed by atoms with Crippen molar-refractivity contribution in [2.24, 2.45) is 0 Å². The van der Waals surface area contributed by atoms with Crippen molar-refractivity contribution in [2.45, 2.75) is 32.2 Å². The van der Waals surface area contributed by atoms with Crippen molar-refractivity contribution in [3.63, 3.8) is 0 Å². The molecule has 1 fully saturated rings. The summed E-state index contributed by atoms with van der Waals surface area (Å²) in [5, 5.41) is 10.0. The maximum atomic E-state index is 12.9. The number of amides is 1. The molecule has 1 aliphatic heterocycles. The molecule has 3 aromatic rings. The van der Waals surface area contributed by atoms with Crippen molar-refractivity contribution in [2.75, 3.05) is 13.1 Å². The molecule has 6 nitrogen and oxygen atoms in total. The molecule has 1 N–H and O–H groups in total. The van der Waals surface area contributed by atoms with Crippen molar-refractivity contribution in [1.29, 1.82) is 0 Å². The third-order valence-electron chi connectivity index (χ3n) is 5.05. The Labute approximate surface area is 161 Å². The number of fused-ring (bicyclic) bond motifs is 1. The molecular weight excluding hydrogens is 373 g/mol. The fourth-order valence-corrected chi connectivity index (χ4v) is 3.98. The zero-order valence-electron chi connectivity index (χ0n) is 14.4. The van der Waals surface area contributed by atoms with Crippen molar-refractivity contribution in [1.82, 2.24) is 24.6 Å². The Hall–Kier alpha value is -2.05. The van der Waals surface area contributed by atoms with Gasteiger partial charge in [0, 0.05) is 36.5 Å². The van der Waals surface area contributed by atoms with E-state index in [9.17, 15) is 4.79 Å². The van der Waals surface area contributed by atoms with Gasteiger partial charge in [0.15, 0.2) is 0 Å². The van der Waals surface area contributed by atoms with Crippen LogP contribution in [0.1, 0.15) is 42.0 Å². The number of hydrogen-bond donors (Lipinski definition) is 1. The first-order valence-corrected chi connectivity index (χ1v) is 9.47. The van der Waals surface area contributed by atoms with Gasteiger partial charge in [-0.3, -0.25) is 4.79 Å². The molecule has 0 unspecified atom stereocenters. The predicted octanol–water partition coefficient (Wildman–Crippen LogP) is 4.11. The minimum atomic E-state index is -0.0104. The molecule has 0 spiro atoms. The second-order valence-electron chi connectivity index (χ2n) is 6.55. The quantitative estimate of drug-likeness (QED) is 0.730. The highest BCUT2D eigenvalue weighted by Gasteiger charge is 2.28. The number of likely N-dealkylation sites (tertiary alicyclic amines) is 1. The van der Waals surface area contributed by atoms with Gasteiger partial charge in [-0.05, 0) is 38.0 Å². The Morgan fingerprint density at radius 1 is 1.31 bits per heavy atom. The fraction of sp³-hybridized carbons (Fsp3) is 0.389. The van der Waals surface area contributed by atoms with Crippen LogP contribution in [0.4, 0.5) is 0 Å². The molecule has 1 saturated heterocycles. The molecule has 1 aromatic carbocycles. The van der Waals surface area contributed by atoms with E-state index in [-0.39, 0.29) is 5.91 Å². The van der Waals surface area contributed by atoms with Crippen molar-refractivity contribution in [3.8, 4) is 0 Å². The number of carbonyl (C=O) groups is 1. The first kappa shape index (κ1) is 17.4. The van der Waals surface area contributed by atoms with Gasteiger partial charge in [0.2, 0.25) is 0 Å². The molecule has 3 heterocycles. The molecule has 26 heavy (non-hydrogen) atoms. The first-order valence-electron chi connectivity index (χ1n) is 8.72. The van der Waals surface area contributed by atoms with Crippen LogP contribution < -0.4 is 0 Å². The number of halogens is 2. The minimum absolute atomic E-state index is 0.0104. The summed E-state index contributed by atoms with van der Waals surface area (Å²) in [5.74, 6) is 1.35. The van der Waals surface area contributed by atoms with E-state index in [0.29, 0.717) is 34.7 Å². The second kappa shape index (κ2) is 6.93. The van der Waals surface area contributed by atoms with E-state index in [0.717, 1.165) is 36.1 Å². The van der Waals surface area contributed by atoms with Crippen LogP contribution >= 0.6 is 23.2 Å². The zero-order valence-corrected chi connectivity index (χ0v) is 15.9. The molecule has 1 aliphatic rings. The highest BCUT2D eigenvalue weighted by atomic mass is 35.5. The molecule has 8 heteroatoms. The monoisotopic (exact) mass is 391 g/mol. The molecule has 0 aliphatic carbocycles. The Bertz CT molecular complexity index is 956. The molecule has 1 amide bonds. The average Bonchev–Trinajstić information content (AvgIpc) is 3.31. The largest absolute Gasteiger partial charge is 0.350 e. The summed E-state index contributed by atoms with van der Waals surface area (Å²) in [7, 11) is 0. The summed E-state index contributed by atoms with van der Waals surface area (Å²) >= 11 is 12.3. The van der Waals surface area contributed by atoms with Gasteiger partial charge in [-0.2, -0.15) is 0 Å². The number of piperidine rings is 1. The summed E-state index contributed by atoms with van der Waals surface area (Å²) in [4.78, 5) is 17.9. The van der Waals surface area contributed by atoms with Crippen LogP contribution in [0.2, 0.25) is 10.0 Å². The number of aromatic nitrogens is 4. The van der Waals surface area contributed by atoms with E-state index in [1.54, 1.807) is 18.5 Å². The second-order valence-corrected chi connectivity index (χ2v) is 7.33. The van der Waals surface area contributed by atoms with Gasteiger partial charge in [0.05, 0.1) is 10.0 Å². The molecule has 136 valence electrons. The lowest BCUT2D eigenvalue weighted by Crippen LogP contribution is -2.38. The lowest BCUT2D eigenvalue weighted by molar-refractivity contribution is 0.0705. The van der Waals surface area contributed by atoms with E-state index in [4.69, 9.17) is 23.2 Å². The average molecular weight is 392 g/mol. The Kier molecular flexibility index (Phi) is 4.63. The molecule has 0 radical (unpaired) electrons. The maximum absolute atomic E-state index is 12.9. The molecule has 0 atom stereocenters. The Morgan fingerprint density at radius 3 is 2.81 bits per heavy atom. The van der Waals surface area contributed by atoms with Crippen molar-refractivity contribution >= 4 is 40.0 Å². The standard InChI is InChI=1S/C18H19Cl2N5O/c1-2-24-10-21-23-17(24)11-5-7-25(8-6-11)18(26)15-9-12-14(22-15)4-3-13(19)16(12)20/h3-4,9-11,22H,2,5-8H2,1H3. The van der Waals surface area contributed by atoms with E-state index in [1.165, 1.54) is 0 Å². The number of rotatable bonds is 3. The third kappa shape index (κ3) is 2.97. The number of hydrogen-bond acceptors (Lipinski definition) is 3. The van der Waals surface area contributed by atoms with E-state index >= 15 is 0 Å². The Morgan fingerprint density at radius 2 is 2.08 bits per heavy atom. The number of nitrogens with zero attached hydrogens (tertiary/aromatic N) is 4. The summed E-state index contributed by atoms with van der Waals surface area (Å²) < 4.78 is 2.07. The van der Waals surface area contributed by atoms with E-state index < -0.39 is 0 Å². The number of carbonyl (C=O) groups excluding carboxylic acids is 1. The minimum Gasteiger partial charge on any atom is -0.350 e. The van der Waals surface area contributed by atoms with Gasteiger partial charge >= 0.3 is 0 Å². The fourth-order valence-electron chi connectivity index (χ4n) is 3.59. The highest BCUT2D eigenvalue weighted by molar-refractivity contribution is 6.45. The number of aromatic amines is 1. The summed E-state index contributed by atoms with van der Waals surface area (Å²) in [6, 6.07) is 5.35. The van der Waals surface area contributed by atoms with Crippen LogP contribution in [-0.2, 0) is 6.54 Å². The van der Waals surface area contributed by atoms with Gasteiger partial charge in [-0.15, -0.1) is 10.2 Å². The maximum Gasteiger partial charge on any atom is 0.270 e. The van der Waals surface area contributed by atoms with Crippen LogP contribution in [0.15, 0.2) is 24.5 Å². The Balaban J connectivity index is 1.49. The summed E-state index contributed by atoms with van der Waals surface area (Å²) in [6.07, 6.45) is 3.54. The smallest absolute Gasteiger partial charge is 0.270 e. The summed E-state index contributed by atoms with van der Waals surface area (Å²) in [6.45, 7) is 4.34. The summed E-state index contributed by atoms with van der Waals surface area (Å²) in [5.41, 5.74) is 1.35. The molecule has 0 bridgehead atoms. The van der Waals surface area contributed by atoms with Gasteiger partial charge in [-0.1, -0.05) is 23.2 Å². The lowest BCUT2D eigenvalue weighted by atomic mass is 9.95. The van der Waals surface area contributed by atoms with Crippen molar-refractivity contribution in [3.05, 3.63) is 46.1 Å². The molecular formula is C18H19Cl2N5O. The molecule has 4 rings (SSSR count). The SMILES string of the molecule is CCn1cnnc1C1CCN(C(=O)c2cc3c(Cl)c(Cl)ccc3[nH]2)CC1. The normalized spacial score (nSPS) is 15.7. The molecule has 2 aromatic heterocycles. The zero-order chi connectivity index (χ0) is 18.3. The number of H-pyrrole nitrogens is 1. The highest BCUT2D eigenvalue weighted by Crippen LogP contribution is 2.32. The van der Waals surface area contributed by atoms with E-state index in [2.05, 4.69) is 26.7 Å². The number of benzene rings is 1. The van der Waals surface area contributed by atoms with Gasteiger partial charge in [0.1, 0.15) is 17.8 Å². The third-order valence-corrected chi connectivity index (χ3v) is 5.87. The molecule has 0 saturated carbocycles. The van der Waals surface area contributed by atoms with Gasteiger partial charge < -0.3 is 14.5 Å². The van der Waals surface area contributed by atoms with Gasteiger partial charge in [0.25, 0.3) is 5.91 Å². The van der Waals surface area contributed by atoms with Crippen LogP contribution in [-0.4, -0.2) is 43.6 Å². The van der Waals surface area contributed by atoms with Crippen LogP contribution in [0.5, 0.6) is 0 Å². The van der Waals surface area contributed by atoms with Crippen LogP contribution in [0.25, 0.3) is 10.9 Å². The number of aryl methyl sites for hydroxylation is 1. The predicted molar refractivity (Wildman–Crippen MR) is 102 cm³/mol. The first-order chi connectivity index (χ1) is 12.6.